The van der Waals surface area contributed by atoms with Gasteiger partial charge in [0.1, 0.15) is 0 Å². The number of rotatable bonds is 7. The number of aromatic amines is 1. The van der Waals surface area contributed by atoms with Crippen LogP contribution in [0, 0.1) is 0 Å². The van der Waals surface area contributed by atoms with E-state index in [-0.39, 0.29) is 6.03 Å². The molecule has 0 saturated heterocycles. The van der Waals surface area contributed by atoms with E-state index in [0.29, 0.717) is 13.1 Å². The lowest BCUT2D eigenvalue weighted by Crippen LogP contribution is -2.40. The maximum Gasteiger partial charge on any atom is 0.321 e. The summed E-state index contributed by atoms with van der Waals surface area (Å²) >= 11 is 1.72. The van der Waals surface area contributed by atoms with Crippen LogP contribution in [0.5, 0.6) is 0 Å². The summed E-state index contributed by atoms with van der Waals surface area (Å²) in [5.74, 6) is 0. The summed E-state index contributed by atoms with van der Waals surface area (Å²) in [7, 11) is 0. The number of benzene rings is 1. The number of imidazole rings is 1. The molecule has 28 heavy (non-hydrogen) atoms. The number of aromatic nitrogens is 2. The third-order valence-corrected chi connectivity index (χ3v) is 6.01. The van der Waals surface area contributed by atoms with Gasteiger partial charge in [-0.25, -0.2) is 9.78 Å². The highest BCUT2D eigenvalue weighted by Crippen LogP contribution is 2.33. The maximum atomic E-state index is 12.7. The van der Waals surface area contributed by atoms with Crippen molar-refractivity contribution in [2.75, 3.05) is 29.4 Å². The Hall–Kier alpha value is -2.80. The average molecular weight is 396 g/mol. The molecule has 2 amide bonds. The number of urea groups is 1. The molecular weight excluding hydrogens is 370 g/mol. The number of nitrogens with one attached hydrogen (secondary N) is 2. The maximum absolute atomic E-state index is 12.7. The fraction of sp³-hybridized carbons (Fsp3) is 0.333. The van der Waals surface area contributed by atoms with Crippen LogP contribution in [-0.2, 0) is 19.4 Å². The average Bonchev–Trinajstić information content (AvgIpc) is 3.46. The third kappa shape index (κ3) is 4.04. The van der Waals surface area contributed by atoms with E-state index in [4.69, 9.17) is 0 Å². The highest BCUT2D eigenvalue weighted by atomic mass is 32.1. The summed E-state index contributed by atoms with van der Waals surface area (Å²) in [5, 5.41) is 5.12. The molecule has 0 atom stereocenters. The second-order valence-electron chi connectivity index (χ2n) is 6.85. The predicted molar refractivity (Wildman–Crippen MR) is 114 cm³/mol. The van der Waals surface area contributed by atoms with Crippen molar-refractivity contribution >= 4 is 28.7 Å². The Bertz CT molecular complexity index is 907. The van der Waals surface area contributed by atoms with E-state index in [9.17, 15) is 4.79 Å². The fourth-order valence-corrected chi connectivity index (χ4v) is 4.33. The van der Waals surface area contributed by atoms with Crippen molar-refractivity contribution in [1.29, 1.82) is 0 Å². The number of carbonyl (C=O) groups is 1. The van der Waals surface area contributed by atoms with Gasteiger partial charge in [-0.15, -0.1) is 11.3 Å². The Labute approximate surface area is 169 Å². The lowest BCUT2D eigenvalue weighted by molar-refractivity contribution is 0.246. The van der Waals surface area contributed by atoms with Gasteiger partial charge in [0.15, 0.2) is 0 Å². The predicted octanol–water partition coefficient (Wildman–Crippen LogP) is 3.81. The van der Waals surface area contributed by atoms with E-state index in [1.807, 2.05) is 19.2 Å². The minimum absolute atomic E-state index is 0.0455. The molecule has 3 heterocycles. The standard InChI is InChI=1S/C21H25N5OS/c1-2-26(21(27)23-9-7-19-4-3-11-28-19)18-6-5-16-8-10-25(20(16)12-18)14-17-13-22-15-24-17/h3-6,11-13,15H,2,7-10,14H2,1H3,(H,22,24)(H,23,27). The van der Waals surface area contributed by atoms with E-state index >= 15 is 0 Å². The van der Waals surface area contributed by atoms with Gasteiger partial charge in [-0.3, -0.25) is 4.90 Å². The molecule has 6 nitrogen and oxygen atoms in total. The summed E-state index contributed by atoms with van der Waals surface area (Å²) in [6, 6.07) is 10.4. The number of carbonyl (C=O) groups excluding carboxylic acids is 1. The van der Waals surface area contributed by atoms with E-state index in [0.717, 1.165) is 37.3 Å². The van der Waals surface area contributed by atoms with Crippen molar-refractivity contribution in [3.63, 3.8) is 0 Å². The first-order valence-corrected chi connectivity index (χ1v) is 10.6. The highest BCUT2D eigenvalue weighted by Gasteiger charge is 2.22. The van der Waals surface area contributed by atoms with E-state index in [1.165, 1.54) is 16.1 Å². The second-order valence-corrected chi connectivity index (χ2v) is 7.88. The molecular formula is C21H25N5OS. The van der Waals surface area contributed by atoms with Crippen LogP contribution in [0.15, 0.2) is 48.2 Å². The van der Waals surface area contributed by atoms with Gasteiger partial charge in [-0.1, -0.05) is 12.1 Å². The SMILES string of the molecule is CCN(C(=O)NCCc1cccs1)c1ccc2c(c1)N(Cc1c[nH]cn1)CC2. The molecule has 0 spiro atoms. The third-order valence-electron chi connectivity index (χ3n) is 5.07. The van der Waals surface area contributed by atoms with Crippen LogP contribution >= 0.6 is 11.3 Å². The number of H-pyrrole nitrogens is 1. The second kappa shape index (κ2) is 8.48. The number of hydrogen-bond donors (Lipinski definition) is 2. The van der Waals surface area contributed by atoms with Gasteiger partial charge in [0.25, 0.3) is 0 Å². The monoisotopic (exact) mass is 395 g/mol. The number of nitrogens with zero attached hydrogens (tertiary/aromatic N) is 3. The first kappa shape index (κ1) is 18.6. The quantitative estimate of drug-likeness (QED) is 0.639. The topological polar surface area (TPSA) is 64.3 Å². The summed E-state index contributed by atoms with van der Waals surface area (Å²) in [6.45, 7) is 5.03. The molecule has 3 aromatic rings. The Morgan fingerprint density at radius 1 is 1.39 bits per heavy atom. The normalized spacial score (nSPS) is 12.8. The first-order valence-electron chi connectivity index (χ1n) is 9.68. The molecule has 0 radical (unpaired) electrons. The smallest absolute Gasteiger partial charge is 0.321 e. The number of fused-ring (bicyclic) bond motifs is 1. The molecule has 146 valence electrons. The summed E-state index contributed by atoms with van der Waals surface area (Å²) in [6.07, 6.45) is 5.53. The van der Waals surface area contributed by atoms with Crippen LogP contribution in [0.25, 0.3) is 0 Å². The molecule has 0 aliphatic carbocycles. The fourth-order valence-electron chi connectivity index (χ4n) is 3.63. The van der Waals surface area contributed by atoms with E-state index in [1.54, 1.807) is 22.6 Å². The van der Waals surface area contributed by atoms with Gasteiger partial charge in [0.2, 0.25) is 0 Å². The molecule has 0 unspecified atom stereocenters. The van der Waals surface area contributed by atoms with Crippen LogP contribution in [-0.4, -0.2) is 35.6 Å². The van der Waals surface area contributed by atoms with Crippen LogP contribution in [0.2, 0.25) is 0 Å². The summed E-state index contributed by atoms with van der Waals surface area (Å²) in [5.41, 5.74) is 4.49. The highest BCUT2D eigenvalue weighted by molar-refractivity contribution is 7.09. The number of amides is 2. The van der Waals surface area contributed by atoms with Crippen LogP contribution in [0.1, 0.15) is 23.1 Å². The largest absolute Gasteiger partial charge is 0.365 e. The number of thiophene rings is 1. The van der Waals surface area contributed by atoms with E-state index in [2.05, 4.69) is 49.8 Å². The minimum Gasteiger partial charge on any atom is -0.365 e. The molecule has 1 aliphatic rings. The van der Waals surface area contributed by atoms with Crippen molar-refractivity contribution in [3.8, 4) is 0 Å². The zero-order valence-electron chi connectivity index (χ0n) is 16.0. The van der Waals surface area contributed by atoms with Crippen LogP contribution < -0.4 is 15.1 Å². The lowest BCUT2D eigenvalue weighted by atomic mass is 10.1. The molecule has 2 N–H and O–H groups in total. The van der Waals surface area contributed by atoms with Crippen LogP contribution in [0.3, 0.4) is 0 Å². The molecule has 1 aromatic carbocycles. The zero-order chi connectivity index (χ0) is 19.3. The van der Waals surface area contributed by atoms with Crippen molar-refractivity contribution < 1.29 is 4.79 Å². The lowest BCUT2D eigenvalue weighted by Gasteiger charge is -2.24. The summed E-state index contributed by atoms with van der Waals surface area (Å²) in [4.78, 5) is 25.5. The van der Waals surface area contributed by atoms with Crippen molar-refractivity contribution in [2.45, 2.75) is 26.3 Å². The van der Waals surface area contributed by atoms with Gasteiger partial charge >= 0.3 is 6.03 Å². The molecule has 0 fully saturated rings. The van der Waals surface area contributed by atoms with Gasteiger partial charge in [0, 0.05) is 42.1 Å². The Morgan fingerprint density at radius 3 is 3.07 bits per heavy atom. The van der Waals surface area contributed by atoms with Gasteiger partial charge in [-0.2, -0.15) is 0 Å². The van der Waals surface area contributed by atoms with Crippen molar-refractivity contribution in [1.82, 2.24) is 15.3 Å². The van der Waals surface area contributed by atoms with E-state index < -0.39 is 0 Å². The van der Waals surface area contributed by atoms with Crippen molar-refractivity contribution in [2.24, 2.45) is 0 Å². The first-order chi connectivity index (χ1) is 13.7. The molecule has 7 heteroatoms. The summed E-state index contributed by atoms with van der Waals surface area (Å²) < 4.78 is 0. The molecule has 0 bridgehead atoms. The molecule has 1 aliphatic heterocycles. The minimum atomic E-state index is -0.0455. The molecule has 4 rings (SSSR count). The Morgan fingerprint density at radius 2 is 2.32 bits per heavy atom. The Kier molecular flexibility index (Phi) is 5.62. The van der Waals surface area contributed by atoms with Crippen LogP contribution in [0.4, 0.5) is 16.2 Å². The van der Waals surface area contributed by atoms with Crippen molar-refractivity contribution in [3.05, 3.63) is 64.4 Å². The number of anilines is 2. The Balaban J connectivity index is 1.44. The molecule has 2 aromatic heterocycles. The van der Waals surface area contributed by atoms with Gasteiger partial charge in [-0.05, 0) is 48.9 Å². The number of hydrogen-bond acceptors (Lipinski definition) is 4. The zero-order valence-corrected chi connectivity index (χ0v) is 16.8. The van der Waals surface area contributed by atoms with Gasteiger partial charge < -0.3 is 15.2 Å². The van der Waals surface area contributed by atoms with Gasteiger partial charge in [0.05, 0.1) is 18.6 Å². The molecule has 0 saturated carbocycles.